The van der Waals surface area contributed by atoms with Gasteiger partial charge in [-0.3, -0.25) is 4.79 Å². The predicted molar refractivity (Wildman–Crippen MR) is 124 cm³/mol. The summed E-state index contributed by atoms with van der Waals surface area (Å²) in [5, 5.41) is 5.57. The first-order chi connectivity index (χ1) is 15.0. The average molecular weight is 452 g/mol. The monoisotopic (exact) mass is 451 g/mol. The van der Waals surface area contributed by atoms with Crippen molar-refractivity contribution in [3.63, 3.8) is 0 Å². The number of rotatable bonds is 7. The van der Waals surface area contributed by atoms with Crippen LogP contribution >= 0.6 is 11.3 Å². The molecule has 0 saturated carbocycles. The van der Waals surface area contributed by atoms with Gasteiger partial charge >= 0.3 is 0 Å². The number of benzene rings is 3. The first-order valence-electron chi connectivity index (χ1n) is 9.68. The van der Waals surface area contributed by atoms with Crippen molar-refractivity contribution in [1.82, 2.24) is 5.32 Å². The van der Waals surface area contributed by atoms with Crippen molar-refractivity contribution < 1.29 is 17.9 Å². The maximum atomic E-state index is 13.4. The van der Waals surface area contributed by atoms with Crippen molar-refractivity contribution in [2.75, 3.05) is 13.7 Å². The number of carbonyl (C=O) groups is 1. The molecule has 3 aromatic carbocycles. The van der Waals surface area contributed by atoms with Gasteiger partial charge in [-0.1, -0.05) is 42.5 Å². The summed E-state index contributed by atoms with van der Waals surface area (Å²) in [6.07, 6.45) is 0. The predicted octanol–water partition coefficient (Wildman–Crippen LogP) is 4.85. The molecule has 1 heterocycles. The van der Waals surface area contributed by atoms with Gasteiger partial charge in [-0.05, 0) is 52.6 Å². The zero-order valence-electron chi connectivity index (χ0n) is 16.8. The minimum Gasteiger partial charge on any atom is -0.497 e. The minimum atomic E-state index is -3.73. The highest BCUT2D eigenvalue weighted by Gasteiger charge is 2.30. The van der Waals surface area contributed by atoms with Gasteiger partial charge in [0.2, 0.25) is 0 Å². The lowest BCUT2D eigenvalue weighted by Crippen LogP contribution is -2.31. The summed E-state index contributed by atoms with van der Waals surface area (Å²) in [7, 11) is -2.20. The molecule has 1 N–H and O–H groups in total. The van der Waals surface area contributed by atoms with Gasteiger partial charge in [0.25, 0.3) is 5.91 Å². The van der Waals surface area contributed by atoms with E-state index in [0.29, 0.717) is 16.2 Å². The van der Waals surface area contributed by atoms with Crippen LogP contribution in [0, 0.1) is 0 Å². The molecule has 1 atom stereocenters. The molecule has 0 radical (unpaired) electrons. The third-order valence-corrected chi connectivity index (χ3v) is 8.34. The van der Waals surface area contributed by atoms with Crippen molar-refractivity contribution in [1.29, 1.82) is 0 Å². The Morgan fingerprint density at radius 3 is 2.42 bits per heavy atom. The smallest absolute Gasteiger partial charge is 0.251 e. The fourth-order valence-electron chi connectivity index (χ4n) is 3.47. The molecule has 4 aromatic rings. The van der Waals surface area contributed by atoms with Crippen molar-refractivity contribution in [3.05, 3.63) is 94.7 Å². The zero-order chi connectivity index (χ0) is 21.8. The highest BCUT2D eigenvalue weighted by atomic mass is 32.2. The van der Waals surface area contributed by atoms with Crippen LogP contribution in [0.3, 0.4) is 0 Å². The standard InChI is InChI=1S/C24H21NO4S2/c1-29-18-11-13-19(14-12-18)31(27,28)23(22-10-5-15-30-22)16-25-24(26)21-9-4-7-17-6-2-3-8-20(17)21/h2-15,23H,16H2,1H3,(H,25,26)/t23-/m0/s1. The molecule has 4 rings (SSSR count). The molecule has 0 aliphatic carbocycles. The molecule has 0 bridgehead atoms. The number of methoxy groups -OCH3 is 1. The first kappa shape index (κ1) is 21.1. The Bertz CT molecular complexity index is 1290. The second-order valence-corrected chi connectivity index (χ2v) is 10.1. The molecule has 0 unspecified atom stereocenters. The van der Waals surface area contributed by atoms with Crippen LogP contribution in [-0.4, -0.2) is 28.0 Å². The van der Waals surface area contributed by atoms with Crippen molar-refractivity contribution in [3.8, 4) is 5.75 Å². The summed E-state index contributed by atoms with van der Waals surface area (Å²) < 4.78 is 31.9. The lowest BCUT2D eigenvalue weighted by Gasteiger charge is -2.18. The van der Waals surface area contributed by atoms with Crippen molar-refractivity contribution in [2.45, 2.75) is 10.1 Å². The fraction of sp³-hybridized carbons (Fsp3) is 0.125. The molecule has 1 aromatic heterocycles. The largest absolute Gasteiger partial charge is 0.497 e. The zero-order valence-corrected chi connectivity index (χ0v) is 18.4. The second kappa shape index (κ2) is 8.91. The molecule has 0 aliphatic heterocycles. The van der Waals surface area contributed by atoms with E-state index < -0.39 is 15.1 Å². The molecular weight excluding hydrogens is 430 g/mol. The van der Waals surface area contributed by atoms with E-state index in [9.17, 15) is 13.2 Å². The third kappa shape index (κ3) is 4.33. The molecule has 7 heteroatoms. The van der Waals surface area contributed by atoms with Crippen molar-refractivity contribution in [2.24, 2.45) is 0 Å². The molecule has 0 spiro atoms. The van der Waals surface area contributed by atoms with E-state index in [2.05, 4.69) is 5.32 Å². The summed E-state index contributed by atoms with van der Waals surface area (Å²) in [5.74, 6) is 0.277. The summed E-state index contributed by atoms with van der Waals surface area (Å²) >= 11 is 1.36. The number of amides is 1. The van der Waals surface area contributed by atoms with Crippen LogP contribution in [0.2, 0.25) is 0 Å². The number of sulfone groups is 1. The Hall–Kier alpha value is -3.16. The van der Waals surface area contributed by atoms with Gasteiger partial charge in [-0.15, -0.1) is 11.3 Å². The lowest BCUT2D eigenvalue weighted by atomic mass is 10.0. The van der Waals surface area contributed by atoms with Gasteiger partial charge in [-0.2, -0.15) is 0 Å². The van der Waals surface area contributed by atoms with E-state index in [4.69, 9.17) is 4.74 Å². The van der Waals surface area contributed by atoms with Crippen LogP contribution in [-0.2, 0) is 9.84 Å². The Kier molecular flexibility index (Phi) is 6.06. The summed E-state index contributed by atoms with van der Waals surface area (Å²) in [5.41, 5.74) is 0.518. The number of hydrogen-bond donors (Lipinski definition) is 1. The van der Waals surface area contributed by atoms with E-state index in [1.807, 2.05) is 47.8 Å². The highest BCUT2D eigenvalue weighted by molar-refractivity contribution is 7.91. The third-order valence-electron chi connectivity index (χ3n) is 5.11. The number of nitrogens with one attached hydrogen (secondary N) is 1. The van der Waals surface area contributed by atoms with E-state index in [0.717, 1.165) is 10.8 Å². The quantitative estimate of drug-likeness (QED) is 0.436. The van der Waals surface area contributed by atoms with Crippen molar-refractivity contribution >= 4 is 37.9 Å². The molecule has 31 heavy (non-hydrogen) atoms. The van der Waals surface area contributed by atoms with Crippen LogP contribution in [0.5, 0.6) is 5.75 Å². The molecule has 0 saturated heterocycles. The fourth-order valence-corrected chi connectivity index (χ4v) is 6.26. The topological polar surface area (TPSA) is 72.5 Å². The number of hydrogen-bond acceptors (Lipinski definition) is 5. The SMILES string of the molecule is COc1ccc(S(=O)(=O)[C@@H](CNC(=O)c2cccc3ccccc23)c2cccs2)cc1. The second-order valence-electron chi connectivity index (χ2n) is 6.96. The first-order valence-corrected chi connectivity index (χ1v) is 12.1. The van der Waals surface area contributed by atoms with E-state index in [-0.39, 0.29) is 17.3 Å². The summed E-state index contributed by atoms with van der Waals surface area (Å²) in [6, 6.07) is 23.0. The van der Waals surface area contributed by atoms with Gasteiger partial charge in [0.05, 0.1) is 12.0 Å². The van der Waals surface area contributed by atoms with E-state index in [1.54, 1.807) is 24.3 Å². The Morgan fingerprint density at radius 2 is 1.71 bits per heavy atom. The molecule has 0 fully saturated rings. The van der Waals surface area contributed by atoms with Crippen LogP contribution in [0.25, 0.3) is 10.8 Å². The van der Waals surface area contributed by atoms with Crippen LogP contribution in [0.15, 0.2) is 89.1 Å². The Balaban J connectivity index is 1.62. The highest BCUT2D eigenvalue weighted by Crippen LogP contribution is 2.32. The molecule has 158 valence electrons. The van der Waals surface area contributed by atoms with E-state index >= 15 is 0 Å². The maximum Gasteiger partial charge on any atom is 0.251 e. The van der Waals surface area contributed by atoms with Gasteiger partial charge in [0.1, 0.15) is 11.0 Å². The normalized spacial score (nSPS) is 12.4. The van der Waals surface area contributed by atoms with Crippen LogP contribution in [0.4, 0.5) is 0 Å². The van der Waals surface area contributed by atoms with Gasteiger partial charge in [-0.25, -0.2) is 8.42 Å². The minimum absolute atomic E-state index is 0.0308. The summed E-state index contributed by atoms with van der Waals surface area (Å²) in [4.78, 5) is 13.8. The number of thiophene rings is 1. The van der Waals surface area contributed by atoms with Crippen LogP contribution in [0.1, 0.15) is 20.5 Å². The average Bonchev–Trinajstić information content (AvgIpc) is 3.33. The number of carbonyl (C=O) groups excluding carboxylic acids is 1. The van der Waals surface area contributed by atoms with E-state index in [1.165, 1.54) is 30.6 Å². The molecule has 1 amide bonds. The van der Waals surface area contributed by atoms with Gasteiger partial charge < -0.3 is 10.1 Å². The maximum absolute atomic E-state index is 13.4. The van der Waals surface area contributed by atoms with Gasteiger partial charge in [0, 0.05) is 17.0 Å². The Labute approximate surface area is 185 Å². The lowest BCUT2D eigenvalue weighted by molar-refractivity contribution is 0.0955. The van der Waals surface area contributed by atoms with Gasteiger partial charge in [0.15, 0.2) is 9.84 Å². The van der Waals surface area contributed by atoms with Crippen LogP contribution < -0.4 is 10.1 Å². The molecular formula is C24H21NO4S2. The molecule has 5 nitrogen and oxygen atoms in total. The summed E-state index contributed by atoms with van der Waals surface area (Å²) in [6.45, 7) is -0.0308. The Morgan fingerprint density at radius 1 is 0.968 bits per heavy atom. The number of fused-ring (bicyclic) bond motifs is 1. The number of ether oxygens (including phenoxy) is 1. The molecule has 0 aliphatic rings.